The number of fused-ring (bicyclic) bond motifs is 4. The molecular formula is C65H46N2. The molecule has 0 spiro atoms. The first-order valence-electron chi connectivity index (χ1n) is 23.1. The van der Waals surface area contributed by atoms with Crippen LogP contribution >= 0.6 is 0 Å². The van der Waals surface area contributed by atoms with Crippen LogP contribution in [0.2, 0.25) is 0 Å². The summed E-state index contributed by atoms with van der Waals surface area (Å²) in [5, 5.41) is 2.45. The molecule has 0 N–H and O–H groups in total. The maximum absolute atomic E-state index is 2.45. The van der Waals surface area contributed by atoms with E-state index in [1.165, 1.54) is 66.4 Å². The molecule has 0 aliphatic heterocycles. The van der Waals surface area contributed by atoms with Crippen LogP contribution in [0.3, 0.4) is 0 Å². The molecule has 67 heavy (non-hydrogen) atoms. The van der Waals surface area contributed by atoms with Crippen LogP contribution in [0, 0.1) is 0 Å². The molecule has 11 aromatic rings. The number of rotatable bonds is 10. The van der Waals surface area contributed by atoms with Crippen LogP contribution in [0.15, 0.2) is 279 Å². The normalized spacial score (nSPS) is 13.7. The largest absolute Gasteiger partial charge is 0.311 e. The van der Waals surface area contributed by atoms with E-state index in [2.05, 4.69) is 289 Å². The van der Waals surface area contributed by atoms with Gasteiger partial charge in [-0.15, -0.1) is 0 Å². The molecule has 2 nitrogen and oxygen atoms in total. The summed E-state index contributed by atoms with van der Waals surface area (Å²) in [4.78, 5) is 4.74. The van der Waals surface area contributed by atoms with Crippen molar-refractivity contribution in [1.82, 2.24) is 0 Å². The second-order valence-electron chi connectivity index (χ2n) is 17.3. The first kappa shape index (κ1) is 39.8. The Balaban J connectivity index is 1.06. The lowest BCUT2D eigenvalue weighted by molar-refractivity contribution is 0.769. The van der Waals surface area contributed by atoms with Gasteiger partial charge in [-0.3, -0.25) is 0 Å². The van der Waals surface area contributed by atoms with E-state index in [9.17, 15) is 0 Å². The molecule has 0 radical (unpaired) electrons. The van der Waals surface area contributed by atoms with E-state index in [1.54, 1.807) is 0 Å². The Labute approximate surface area is 393 Å². The lowest BCUT2D eigenvalue weighted by Crippen LogP contribution is -2.28. The molecule has 0 amide bonds. The Hall–Kier alpha value is -8.72. The first-order valence-corrected chi connectivity index (χ1v) is 23.1. The average Bonchev–Trinajstić information content (AvgIpc) is 3.69. The van der Waals surface area contributed by atoms with Crippen LogP contribution in [0.1, 0.15) is 22.3 Å². The Morgan fingerprint density at radius 1 is 0.224 bits per heavy atom. The molecule has 1 unspecified atom stereocenters. The minimum absolute atomic E-state index is 0.600. The van der Waals surface area contributed by atoms with Gasteiger partial charge in [0.1, 0.15) is 0 Å². The van der Waals surface area contributed by atoms with Gasteiger partial charge in [-0.1, -0.05) is 194 Å². The predicted octanol–water partition coefficient (Wildman–Crippen LogP) is 17.5. The maximum Gasteiger partial charge on any atom is 0.0713 e. The second kappa shape index (κ2) is 17.0. The van der Waals surface area contributed by atoms with Crippen molar-refractivity contribution in [1.29, 1.82) is 0 Å². The Kier molecular flexibility index (Phi) is 10.1. The van der Waals surface area contributed by atoms with Crippen molar-refractivity contribution in [2.45, 2.75) is 5.41 Å². The van der Waals surface area contributed by atoms with Gasteiger partial charge in [-0.25, -0.2) is 0 Å². The van der Waals surface area contributed by atoms with Gasteiger partial charge >= 0.3 is 0 Å². The number of benzene rings is 11. The Morgan fingerprint density at radius 3 is 1.07 bits per heavy atom. The Bertz CT molecular complexity index is 3340. The summed E-state index contributed by atoms with van der Waals surface area (Å²) in [6.07, 6.45) is 0. The second-order valence-corrected chi connectivity index (χ2v) is 17.3. The average molecular weight is 855 g/mol. The zero-order valence-electron chi connectivity index (χ0n) is 37.0. The highest BCUT2D eigenvalue weighted by Gasteiger charge is 2.46. The van der Waals surface area contributed by atoms with Crippen molar-refractivity contribution in [3.05, 3.63) is 301 Å². The highest BCUT2D eigenvalue weighted by atomic mass is 15.1. The van der Waals surface area contributed by atoms with E-state index in [1.807, 2.05) is 0 Å². The molecular weight excluding hydrogens is 809 g/mol. The van der Waals surface area contributed by atoms with E-state index in [0.29, 0.717) is 0 Å². The van der Waals surface area contributed by atoms with E-state index in [4.69, 9.17) is 0 Å². The van der Waals surface area contributed by atoms with Gasteiger partial charge in [0.25, 0.3) is 0 Å². The van der Waals surface area contributed by atoms with E-state index >= 15 is 0 Å². The molecule has 11 aromatic carbocycles. The molecule has 0 saturated carbocycles. The fourth-order valence-corrected chi connectivity index (χ4v) is 10.4. The number of hydrogen-bond donors (Lipinski definition) is 0. The SMILES string of the molecule is c1ccc(-c2ccc(N(c3ccc(-c4ccccc4)cc3)c3ccc4c(c3)-c3cc5ccccc5cc3C4(c3ccccc3)c3ccc(N(c4ccccc4)c4ccccc4)cc3)cc2)cc1. The highest BCUT2D eigenvalue weighted by molar-refractivity contribution is 5.97. The minimum Gasteiger partial charge on any atom is -0.311 e. The predicted molar refractivity (Wildman–Crippen MR) is 281 cm³/mol. The molecule has 0 bridgehead atoms. The molecule has 12 rings (SSSR count). The van der Waals surface area contributed by atoms with Gasteiger partial charge in [-0.2, -0.15) is 0 Å². The fraction of sp³-hybridized carbons (Fsp3) is 0.0154. The van der Waals surface area contributed by atoms with Crippen molar-refractivity contribution in [2.24, 2.45) is 0 Å². The zero-order valence-corrected chi connectivity index (χ0v) is 37.0. The highest BCUT2D eigenvalue weighted by Crippen LogP contribution is 2.58. The number of anilines is 6. The zero-order chi connectivity index (χ0) is 44.6. The van der Waals surface area contributed by atoms with Crippen molar-refractivity contribution in [3.8, 4) is 33.4 Å². The standard InChI is InChI=1S/C65H46N2/c1-6-18-47(19-7-1)49-30-36-57(37-31-49)67(58-38-32-50(33-39-58)48-20-8-2-9-21-48)60-42-43-63-62(46-60)61-44-51-22-16-17-23-52(51)45-64(61)65(63,53-24-10-3-11-25-53)54-34-40-59(41-35-54)66(55-26-12-4-13-27-55)56-28-14-5-15-29-56/h1-46H. The van der Waals surface area contributed by atoms with Gasteiger partial charge in [0.05, 0.1) is 5.41 Å². The fourth-order valence-electron chi connectivity index (χ4n) is 10.4. The lowest BCUT2D eigenvalue weighted by Gasteiger charge is -2.35. The van der Waals surface area contributed by atoms with Crippen molar-refractivity contribution >= 4 is 44.9 Å². The molecule has 0 aromatic heterocycles. The van der Waals surface area contributed by atoms with Gasteiger partial charge in [-0.05, 0) is 151 Å². The topological polar surface area (TPSA) is 6.48 Å². The van der Waals surface area contributed by atoms with Crippen LogP contribution in [0.5, 0.6) is 0 Å². The molecule has 0 heterocycles. The van der Waals surface area contributed by atoms with E-state index in [-0.39, 0.29) is 0 Å². The summed E-state index contributed by atoms with van der Waals surface area (Å²) in [6.45, 7) is 0. The molecule has 316 valence electrons. The lowest BCUT2D eigenvalue weighted by atomic mass is 9.67. The van der Waals surface area contributed by atoms with Crippen LogP contribution in [-0.4, -0.2) is 0 Å². The van der Waals surface area contributed by atoms with E-state index in [0.717, 1.165) is 34.1 Å². The summed E-state index contributed by atoms with van der Waals surface area (Å²) in [7, 11) is 0. The maximum atomic E-state index is 2.45. The number of hydrogen-bond acceptors (Lipinski definition) is 2. The van der Waals surface area contributed by atoms with Crippen LogP contribution in [0.25, 0.3) is 44.2 Å². The van der Waals surface area contributed by atoms with Gasteiger partial charge < -0.3 is 9.80 Å². The third-order valence-corrected chi connectivity index (χ3v) is 13.5. The molecule has 1 aliphatic carbocycles. The summed E-state index contributed by atoms with van der Waals surface area (Å²) in [5.41, 5.74) is 18.3. The molecule has 1 aliphatic rings. The molecule has 2 heteroatoms. The van der Waals surface area contributed by atoms with Gasteiger partial charge in [0.2, 0.25) is 0 Å². The van der Waals surface area contributed by atoms with Crippen LogP contribution < -0.4 is 9.80 Å². The summed E-state index contributed by atoms with van der Waals surface area (Å²) in [5.74, 6) is 0. The third-order valence-electron chi connectivity index (χ3n) is 13.5. The minimum atomic E-state index is -0.600. The summed E-state index contributed by atoms with van der Waals surface area (Å²) >= 11 is 0. The smallest absolute Gasteiger partial charge is 0.0713 e. The van der Waals surface area contributed by atoms with Crippen molar-refractivity contribution in [2.75, 3.05) is 9.80 Å². The monoisotopic (exact) mass is 854 g/mol. The first-order chi connectivity index (χ1) is 33.2. The third kappa shape index (κ3) is 7.08. The summed E-state index contributed by atoms with van der Waals surface area (Å²) in [6, 6.07) is 102. The number of para-hydroxylation sites is 2. The molecule has 0 fully saturated rings. The van der Waals surface area contributed by atoms with Crippen molar-refractivity contribution < 1.29 is 0 Å². The number of nitrogens with zero attached hydrogens (tertiary/aromatic N) is 2. The van der Waals surface area contributed by atoms with Gasteiger partial charge in [0, 0.05) is 34.1 Å². The summed E-state index contributed by atoms with van der Waals surface area (Å²) < 4.78 is 0. The Morgan fingerprint density at radius 2 is 0.567 bits per heavy atom. The van der Waals surface area contributed by atoms with Gasteiger partial charge in [0.15, 0.2) is 0 Å². The van der Waals surface area contributed by atoms with Crippen LogP contribution in [0.4, 0.5) is 34.1 Å². The van der Waals surface area contributed by atoms with Crippen molar-refractivity contribution in [3.63, 3.8) is 0 Å². The molecule has 0 saturated heterocycles. The quantitative estimate of drug-likeness (QED) is 0.135. The van der Waals surface area contributed by atoms with E-state index < -0.39 is 5.41 Å². The molecule has 1 atom stereocenters. The van der Waals surface area contributed by atoms with Crippen LogP contribution in [-0.2, 0) is 5.41 Å².